The van der Waals surface area contributed by atoms with Crippen molar-refractivity contribution >= 4 is 60.4 Å². The van der Waals surface area contributed by atoms with Gasteiger partial charge in [-0.2, -0.15) is 0 Å². The first kappa shape index (κ1) is 16.3. The van der Waals surface area contributed by atoms with Gasteiger partial charge in [-0.3, -0.25) is 0 Å². The van der Waals surface area contributed by atoms with E-state index in [1.54, 1.807) is 0 Å². The topological polar surface area (TPSA) is 80.9 Å². The number of hydrogen-bond donors (Lipinski definition) is 4. The van der Waals surface area contributed by atoms with E-state index in [9.17, 15) is 0 Å². The molecule has 0 aromatic heterocycles. The van der Waals surface area contributed by atoms with E-state index in [1.165, 1.54) is 0 Å². The minimum absolute atomic E-state index is 0. The van der Waals surface area contributed by atoms with Gasteiger partial charge in [-0.1, -0.05) is 0 Å². The van der Waals surface area contributed by atoms with E-state index in [-0.39, 0.29) is 77.6 Å². The van der Waals surface area contributed by atoms with Crippen LogP contribution in [0.5, 0.6) is 0 Å². The van der Waals surface area contributed by atoms with Crippen LogP contribution in [0.25, 0.3) is 0 Å². The molecule has 0 rings (SSSR count). The molecule has 7 heavy (non-hydrogen) atoms. The molecule has 0 saturated heterocycles. The molecule has 4 N–H and O–H groups in total. The third-order valence-electron chi connectivity index (χ3n) is 0. The van der Waals surface area contributed by atoms with Gasteiger partial charge in [0.15, 0.2) is 0 Å². The monoisotopic (exact) mass is 226 g/mol. The molecule has 7 heteroatoms. The van der Waals surface area contributed by atoms with Crippen LogP contribution in [0.4, 0.5) is 0 Å². The van der Waals surface area contributed by atoms with E-state index in [0.29, 0.717) is 0 Å². The van der Waals surface area contributed by atoms with Crippen LogP contribution < -0.4 is 0 Å². The van der Waals surface area contributed by atoms with Crippen LogP contribution in [-0.4, -0.2) is 79.6 Å². The second-order valence-electron chi connectivity index (χ2n) is 0.600. The van der Waals surface area contributed by atoms with E-state index in [4.69, 9.17) is 19.2 Å². The van der Waals surface area contributed by atoms with E-state index in [0.717, 1.165) is 0 Å². The van der Waals surface area contributed by atoms with Crippen LogP contribution in [0.3, 0.4) is 0 Å². The van der Waals surface area contributed by atoms with Crippen molar-refractivity contribution in [3.8, 4) is 0 Å². The Morgan fingerprint density at radius 2 is 0.857 bits per heavy atom. The zero-order valence-corrected chi connectivity index (χ0v) is 6.25. The summed E-state index contributed by atoms with van der Waals surface area (Å²) in [5, 5.41) is 0. The maximum Gasteiger partial charge on any atom is 0 e. The minimum atomic E-state index is -4.61. The largest absolute Gasteiger partial charge is 0 e. The summed E-state index contributed by atoms with van der Waals surface area (Å²) in [7, 11) is -4.61. The van der Waals surface area contributed by atoms with Crippen molar-refractivity contribution in [2.45, 2.75) is 0 Å². The third kappa shape index (κ3) is 55.9. The predicted octanol–water partition coefficient (Wildman–Crippen LogP) is -3.26. The second kappa shape index (κ2) is 6.69. The summed E-state index contributed by atoms with van der Waals surface area (Å²) in [6, 6.07) is 0. The molecule has 0 saturated carbocycles. The fourth-order valence-corrected chi connectivity index (χ4v) is 0. The molecule has 0 aromatic rings. The first-order valence-corrected chi connectivity index (χ1v) is 2.68. The van der Waals surface area contributed by atoms with Gasteiger partial charge in [0.2, 0.25) is 0 Å². The van der Waals surface area contributed by atoms with Crippen molar-refractivity contribution in [2.24, 2.45) is 0 Å². The third-order valence-corrected chi connectivity index (χ3v) is 0. The van der Waals surface area contributed by atoms with Gasteiger partial charge in [-0.25, -0.2) is 0 Å². The predicted molar refractivity (Wildman–Crippen MR) is 21.8 cm³/mol. The summed E-state index contributed by atoms with van der Waals surface area (Å²) < 4.78 is 0. The molecule has 0 atom stereocenters. The summed E-state index contributed by atoms with van der Waals surface area (Å²) in [5.41, 5.74) is 0. The van der Waals surface area contributed by atoms with Crippen molar-refractivity contribution < 1.29 is 45.4 Å². The Kier molecular flexibility index (Phi) is 15.6. The zero-order chi connectivity index (χ0) is 4.50. The number of hydrogen-bond acceptors (Lipinski definition) is 4. The SMILES string of the molecule is O[Si](O)(O)O.[KH].[Zr]. The molecular formula is H5KO4SiZr. The van der Waals surface area contributed by atoms with Crippen LogP contribution >= 0.6 is 0 Å². The molecule has 0 unspecified atom stereocenters. The summed E-state index contributed by atoms with van der Waals surface area (Å²) in [5.74, 6) is 0. The summed E-state index contributed by atoms with van der Waals surface area (Å²) in [6.07, 6.45) is 0. The van der Waals surface area contributed by atoms with Crippen LogP contribution in [0.1, 0.15) is 0 Å². The first-order valence-electron chi connectivity index (χ1n) is 0.894. The molecule has 0 bridgehead atoms. The average molecular weight is 227 g/mol. The van der Waals surface area contributed by atoms with E-state index < -0.39 is 9.05 Å². The fourth-order valence-electron chi connectivity index (χ4n) is 0. The fraction of sp³-hybridized carbons (Fsp3) is 0. The summed E-state index contributed by atoms with van der Waals surface area (Å²) in [4.78, 5) is 29.3. The van der Waals surface area contributed by atoms with E-state index in [1.807, 2.05) is 0 Å². The van der Waals surface area contributed by atoms with Crippen molar-refractivity contribution in [2.75, 3.05) is 0 Å². The number of rotatable bonds is 0. The van der Waals surface area contributed by atoms with E-state index in [2.05, 4.69) is 0 Å². The van der Waals surface area contributed by atoms with Crippen molar-refractivity contribution in [1.82, 2.24) is 0 Å². The van der Waals surface area contributed by atoms with Gasteiger partial charge in [0.05, 0.1) is 0 Å². The smallest absolute Gasteiger partial charge is 0 e. The Balaban J connectivity index is -0.0000000800. The molecule has 0 aliphatic carbocycles. The summed E-state index contributed by atoms with van der Waals surface area (Å²) in [6.45, 7) is 0. The molecule has 0 aliphatic rings. The molecule has 0 amide bonds. The molecule has 0 aliphatic heterocycles. The maximum atomic E-state index is 7.33. The van der Waals surface area contributed by atoms with Gasteiger partial charge in [0, 0.05) is 26.2 Å². The molecule has 0 spiro atoms. The molecule has 0 aromatic carbocycles. The Hall–Kier alpha value is 2.58. The molecule has 4 nitrogen and oxygen atoms in total. The first-order chi connectivity index (χ1) is 2.00. The zero-order valence-electron chi connectivity index (χ0n) is 2.79. The van der Waals surface area contributed by atoms with Gasteiger partial charge in [-0.05, 0) is 0 Å². The summed E-state index contributed by atoms with van der Waals surface area (Å²) >= 11 is 0. The molecule has 0 fully saturated rings. The second-order valence-corrected chi connectivity index (χ2v) is 1.80. The molecule has 38 valence electrons. The van der Waals surface area contributed by atoms with Gasteiger partial charge >= 0.3 is 60.4 Å². The Labute approximate surface area is 104 Å². The minimum Gasteiger partial charge on any atom is 0 e. The molecule has 0 heterocycles. The van der Waals surface area contributed by atoms with Gasteiger partial charge in [0.25, 0.3) is 0 Å². The van der Waals surface area contributed by atoms with Crippen molar-refractivity contribution in [3.05, 3.63) is 0 Å². The maximum absolute atomic E-state index is 7.33. The average Bonchev–Trinajstić information content (AvgIpc) is 0.722. The molecular weight excluding hydrogens is 222 g/mol. The Morgan fingerprint density at radius 3 is 0.857 bits per heavy atom. The van der Waals surface area contributed by atoms with Crippen LogP contribution in [0, 0.1) is 0 Å². The van der Waals surface area contributed by atoms with Crippen molar-refractivity contribution in [1.29, 1.82) is 0 Å². The molecule has 0 radical (unpaired) electrons. The Bertz CT molecular complexity index is 27.2. The van der Waals surface area contributed by atoms with Gasteiger partial charge in [-0.15, -0.1) is 0 Å². The van der Waals surface area contributed by atoms with Crippen molar-refractivity contribution in [3.63, 3.8) is 0 Å². The quantitative estimate of drug-likeness (QED) is 0.328. The Morgan fingerprint density at radius 1 is 0.857 bits per heavy atom. The van der Waals surface area contributed by atoms with E-state index >= 15 is 0 Å². The standard InChI is InChI=1S/K.H4O4Si.Zr.H/c;1-5(2,3)4;;/h;1-4H;;. The van der Waals surface area contributed by atoms with Gasteiger partial charge in [0.1, 0.15) is 0 Å². The van der Waals surface area contributed by atoms with Crippen LogP contribution in [-0.2, 0) is 26.2 Å². The normalized spacial score (nSPS) is 8.57. The van der Waals surface area contributed by atoms with Gasteiger partial charge < -0.3 is 19.2 Å². The van der Waals surface area contributed by atoms with Crippen LogP contribution in [0.15, 0.2) is 0 Å². The van der Waals surface area contributed by atoms with Crippen LogP contribution in [0.2, 0.25) is 0 Å².